The Morgan fingerprint density at radius 2 is 0.901 bits per heavy atom. The Hall–Kier alpha value is -7.45. The fourth-order valence-corrected chi connectivity index (χ4v) is 8.54. The number of Topliss-reactive ketones (excluding diaryl/α,β-unsaturated/α-hetero) is 2. The van der Waals surface area contributed by atoms with Crippen molar-refractivity contribution in [3.63, 3.8) is 0 Å². The average molecular weight is 1290 g/mol. The predicted octanol–water partition coefficient (Wildman–Crippen LogP) is -0.0724. The molecule has 31 nitrogen and oxygen atoms in total. The van der Waals surface area contributed by atoms with Crippen molar-refractivity contribution >= 4 is 64.7 Å². The first kappa shape index (κ1) is 77.8. The van der Waals surface area contributed by atoms with Gasteiger partial charge in [-0.05, 0) is 51.9 Å². The third-order valence-electron chi connectivity index (χ3n) is 13.9. The van der Waals surface area contributed by atoms with Crippen LogP contribution in [0.4, 0.5) is 0 Å². The molecule has 1 aliphatic rings. The molecule has 3 heterocycles. The van der Waals surface area contributed by atoms with Crippen molar-refractivity contribution in [2.75, 3.05) is 85.8 Å². The van der Waals surface area contributed by atoms with Crippen LogP contribution in [0.5, 0.6) is 0 Å². The summed E-state index contributed by atoms with van der Waals surface area (Å²) in [7, 11) is 0. The van der Waals surface area contributed by atoms with Crippen LogP contribution < -0.4 is 37.2 Å². The van der Waals surface area contributed by atoms with Crippen molar-refractivity contribution in [1.82, 2.24) is 72.1 Å². The Morgan fingerprint density at radius 1 is 0.473 bits per heavy atom. The maximum atomic E-state index is 13.6. The van der Waals surface area contributed by atoms with Crippen LogP contribution >= 0.6 is 0 Å². The number of amides is 9. The van der Waals surface area contributed by atoms with E-state index in [0.717, 1.165) is 4.90 Å². The standard InChI is InChI=1S/C60H98N14O17/c1-40(2)54(58(84)63-42(5)44(7)75)66-50(78)19-24-86-28-32-90-34-30-88-26-22-72-38-45(68-70-72)36-61-48(76)16-15-47(65-49(77)14-12-11-13-21-74-52(80)17-18-53(74)81)57(83)62-37-46-39-73(71-69-46)23-27-89-31-35-91-33-29-87-25-20-51(79)67-55(41(3)4)59(85)64-43(6)56(82)60(8,9)10/h17-18,38-43,47,54-55H,11-16,19-37H2,1-10H3,(H,61,76)(H,62,83)(H,63,84)(H,64,85)(H,65,77)(H,66,78)(H,67,79)/t42-,43-,47-,54-,55-/m0/s1. The topological polar surface area (TPSA) is 392 Å². The van der Waals surface area contributed by atoms with Crippen molar-refractivity contribution in [2.24, 2.45) is 17.3 Å². The number of nitrogens with one attached hydrogen (secondary N) is 7. The first-order chi connectivity index (χ1) is 43.2. The number of rotatable bonds is 49. The summed E-state index contributed by atoms with van der Waals surface area (Å²) in [5, 5.41) is 35.4. The number of hydrogen-bond acceptors (Lipinski definition) is 21. The second kappa shape index (κ2) is 42.6. The fourth-order valence-electron chi connectivity index (χ4n) is 8.54. The van der Waals surface area contributed by atoms with Crippen LogP contribution in [0, 0.1) is 17.3 Å². The molecule has 31 heteroatoms. The predicted molar refractivity (Wildman–Crippen MR) is 327 cm³/mol. The van der Waals surface area contributed by atoms with Crippen LogP contribution in [0.25, 0.3) is 0 Å². The molecule has 0 aliphatic carbocycles. The molecule has 0 unspecified atom stereocenters. The highest BCUT2D eigenvalue weighted by Gasteiger charge is 2.32. The van der Waals surface area contributed by atoms with Gasteiger partial charge >= 0.3 is 0 Å². The molecule has 0 radical (unpaired) electrons. The van der Waals surface area contributed by atoms with Crippen molar-refractivity contribution in [3.8, 4) is 0 Å². The van der Waals surface area contributed by atoms with Crippen molar-refractivity contribution in [1.29, 1.82) is 0 Å². The lowest BCUT2D eigenvalue weighted by atomic mass is 9.87. The number of imide groups is 1. The zero-order valence-electron chi connectivity index (χ0n) is 54.6. The van der Waals surface area contributed by atoms with Gasteiger partial charge in [0.25, 0.3) is 11.8 Å². The Kier molecular flexibility index (Phi) is 36.4. The van der Waals surface area contributed by atoms with E-state index >= 15 is 0 Å². The number of carbonyl (C=O) groups is 11. The van der Waals surface area contributed by atoms with Crippen LogP contribution in [0.2, 0.25) is 0 Å². The van der Waals surface area contributed by atoms with E-state index in [1.165, 1.54) is 19.1 Å². The van der Waals surface area contributed by atoms with Gasteiger partial charge in [0.05, 0.1) is 130 Å². The zero-order valence-corrected chi connectivity index (χ0v) is 54.6. The van der Waals surface area contributed by atoms with Gasteiger partial charge in [0, 0.05) is 49.8 Å². The average Bonchev–Trinajstić information content (AvgIpc) is 2.28. The highest BCUT2D eigenvalue weighted by atomic mass is 16.5. The van der Waals surface area contributed by atoms with E-state index in [1.807, 2.05) is 13.8 Å². The molecule has 1 aliphatic heterocycles. The van der Waals surface area contributed by atoms with Crippen molar-refractivity contribution in [2.45, 2.75) is 177 Å². The summed E-state index contributed by atoms with van der Waals surface area (Å²) < 4.78 is 36.5. The fraction of sp³-hybridized carbons (Fsp3) is 0.717. The molecule has 9 amide bonds. The van der Waals surface area contributed by atoms with Crippen molar-refractivity contribution in [3.05, 3.63) is 35.9 Å². The summed E-state index contributed by atoms with van der Waals surface area (Å²) >= 11 is 0. The summed E-state index contributed by atoms with van der Waals surface area (Å²) in [6, 6.07) is -4.03. The maximum absolute atomic E-state index is 13.6. The third kappa shape index (κ3) is 32.4. The molecule has 91 heavy (non-hydrogen) atoms. The van der Waals surface area contributed by atoms with E-state index in [0.29, 0.717) is 63.6 Å². The molecule has 0 fully saturated rings. The first-order valence-electron chi connectivity index (χ1n) is 31.1. The number of ether oxygens (including phenoxy) is 6. The molecular formula is C60H98N14O17. The molecule has 0 aromatic carbocycles. The van der Waals surface area contributed by atoms with E-state index < -0.39 is 65.2 Å². The quantitative estimate of drug-likeness (QED) is 0.0337. The molecule has 5 atom stereocenters. The molecule has 0 bridgehead atoms. The van der Waals surface area contributed by atoms with E-state index in [-0.39, 0.29) is 158 Å². The van der Waals surface area contributed by atoms with Gasteiger partial charge in [-0.3, -0.25) is 57.6 Å². The van der Waals surface area contributed by atoms with Gasteiger partial charge in [-0.2, -0.15) is 0 Å². The van der Waals surface area contributed by atoms with Crippen LogP contribution in [-0.2, 0) is 107 Å². The van der Waals surface area contributed by atoms with Crippen LogP contribution in [0.15, 0.2) is 24.5 Å². The van der Waals surface area contributed by atoms with Gasteiger partial charge in [-0.15, -0.1) is 10.2 Å². The van der Waals surface area contributed by atoms with E-state index in [1.54, 1.807) is 70.2 Å². The SMILES string of the molecule is CC(=O)[C@H](C)NC(=O)[C@@H](NC(=O)CCOCCOCCOCCn1cc(CNC(=O)CC[C@H](NC(=O)CCCCCN2C(=O)C=CC2=O)C(=O)NCc2cn(CCOCCOCCOCCC(=O)N[C@H](C(=O)N[C@@H](C)C(=O)C(C)(C)C)C(C)C)nn2)nn1)C(C)C. The number of unbranched alkanes of at least 4 members (excludes halogenated alkanes) is 2. The number of hydrogen-bond donors (Lipinski definition) is 7. The molecule has 510 valence electrons. The molecule has 2 aromatic heterocycles. The normalized spacial score (nSPS) is 14.0. The Morgan fingerprint density at radius 3 is 1.35 bits per heavy atom. The Balaban J connectivity index is 1.32. The maximum Gasteiger partial charge on any atom is 0.253 e. The zero-order chi connectivity index (χ0) is 67.3. The summed E-state index contributed by atoms with van der Waals surface area (Å²) in [5.74, 6) is -4.37. The molecule has 0 saturated heterocycles. The minimum atomic E-state index is -1.08. The van der Waals surface area contributed by atoms with E-state index in [2.05, 4.69) is 57.8 Å². The largest absolute Gasteiger partial charge is 0.379 e. The first-order valence-corrected chi connectivity index (χ1v) is 31.1. The van der Waals surface area contributed by atoms with Crippen LogP contribution in [0.3, 0.4) is 0 Å². The van der Waals surface area contributed by atoms with Gasteiger partial charge in [0.1, 0.15) is 29.5 Å². The van der Waals surface area contributed by atoms with Gasteiger partial charge < -0.3 is 65.6 Å². The molecule has 3 rings (SSSR count). The summed E-state index contributed by atoms with van der Waals surface area (Å²) in [6.45, 7) is 21.1. The minimum absolute atomic E-state index is 0.0253. The smallest absolute Gasteiger partial charge is 0.253 e. The van der Waals surface area contributed by atoms with Gasteiger partial charge in [0.15, 0.2) is 11.6 Å². The number of carbonyl (C=O) groups excluding carboxylic acids is 11. The summed E-state index contributed by atoms with van der Waals surface area (Å²) in [4.78, 5) is 139. The van der Waals surface area contributed by atoms with Gasteiger partial charge in [0.2, 0.25) is 41.4 Å². The number of nitrogens with zero attached hydrogens (tertiary/aromatic N) is 7. The van der Waals surface area contributed by atoms with Crippen LogP contribution in [-0.4, -0.2) is 216 Å². The van der Waals surface area contributed by atoms with Crippen LogP contribution in [0.1, 0.15) is 132 Å². The van der Waals surface area contributed by atoms with Gasteiger partial charge in [-0.25, -0.2) is 9.36 Å². The molecule has 2 aromatic rings. The van der Waals surface area contributed by atoms with E-state index in [9.17, 15) is 52.7 Å². The monoisotopic (exact) mass is 1290 g/mol. The molecule has 0 spiro atoms. The lowest BCUT2D eigenvalue weighted by Crippen LogP contribution is -2.54. The second-order valence-electron chi connectivity index (χ2n) is 23.5. The Bertz CT molecular complexity index is 2660. The third-order valence-corrected chi connectivity index (χ3v) is 13.9. The minimum Gasteiger partial charge on any atom is -0.379 e. The highest BCUT2D eigenvalue weighted by molar-refractivity contribution is 6.12. The number of aromatic nitrogens is 6. The Labute approximate surface area is 532 Å². The lowest BCUT2D eigenvalue weighted by molar-refractivity contribution is -0.137. The molecular weight excluding hydrogens is 1190 g/mol. The highest BCUT2D eigenvalue weighted by Crippen LogP contribution is 2.17. The molecule has 0 saturated carbocycles. The summed E-state index contributed by atoms with van der Waals surface area (Å²) in [6.07, 6.45) is 7.17. The lowest BCUT2D eigenvalue weighted by Gasteiger charge is -2.26. The van der Waals surface area contributed by atoms with Crippen molar-refractivity contribution < 1.29 is 81.2 Å². The molecule has 7 N–H and O–H groups in total. The van der Waals surface area contributed by atoms with Gasteiger partial charge in [-0.1, -0.05) is 65.3 Å². The van der Waals surface area contributed by atoms with E-state index in [4.69, 9.17) is 28.4 Å². The second-order valence-corrected chi connectivity index (χ2v) is 23.5. The number of ketones is 2. The summed E-state index contributed by atoms with van der Waals surface area (Å²) in [5.41, 5.74) is 0.286.